The number of oxazole rings is 1. The Hall–Kier alpha value is -2.16. The van der Waals surface area contributed by atoms with Gasteiger partial charge >= 0.3 is 0 Å². The molecule has 0 bridgehead atoms. The number of nitrogens with zero attached hydrogens (tertiary/aromatic N) is 2. The van der Waals surface area contributed by atoms with Gasteiger partial charge in [-0.2, -0.15) is 0 Å². The summed E-state index contributed by atoms with van der Waals surface area (Å²) in [5.41, 5.74) is 3.78. The summed E-state index contributed by atoms with van der Waals surface area (Å²) in [5, 5.41) is -0.0563. The van der Waals surface area contributed by atoms with E-state index >= 15 is 0 Å². The predicted octanol–water partition coefficient (Wildman–Crippen LogP) is 4.06. The second-order valence-electron chi connectivity index (χ2n) is 6.82. The molecule has 3 rings (SSSR count). The molecule has 1 atom stereocenters. The van der Waals surface area contributed by atoms with Crippen LogP contribution in [0.15, 0.2) is 50.9 Å². The number of fused-ring (bicyclic) bond motifs is 1. The van der Waals surface area contributed by atoms with Gasteiger partial charge in [0.1, 0.15) is 5.52 Å². The van der Waals surface area contributed by atoms with Gasteiger partial charge < -0.3 is 4.42 Å². The number of hydrogen-bond donors (Lipinski definition) is 0. The van der Waals surface area contributed by atoms with Gasteiger partial charge in [0.25, 0.3) is 5.22 Å². The summed E-state index contributed by atoms with van der Waals surface area (Å²) in [6, 6.07) is 10.2. The average Bonchev–Trinajstić information content (AvgIpc) is 3.04. The molecule has 0 saturated carbocycles. The molecule has 0 N–H and O–H groups in total. The van der Waals surface area contributed by atoms with E-state index < -0.39 is 10.0 Å². The highest BCUT2D eigenvalue weighted by molar-refractivity contribution is 8.00. The largest absolute Gasteiger partial charge is 0.431 e. The molecular formula is C20H22N2O4S2. The van der Waals surface area contributed by atoms with Crippen molar-refractivity contribution in [1.82, 2.24) is 9.29 Å². The Morgan fingerprint density at radius 1 is 1.11 bits per heavy atom. The van der Waals surface area contributed by atoms with E-state index in [1.165, 1.54) is 38.0 Å². The predicted molar refractivity (Wildman–Crippen MR) is 110 cm³/mol. The Balaban J connectivity index is 1.84. The number of rotatable bonds is 6. The number of aryl methyl sites for hydroxylation is 2. The summed E-state index contributed by atoms with van der Waals surface area (Å²) < 4.78 is 31.4. The van der Waals surface area contributed by atoms with Crippen molar-refractivity contribution < 1.29 is 17.6 Å². The Kier molecular flexibility index (Phi) is 5.65. The Bertz CT molecular complexity index is 1150. The minimum Gasteiger partial charge on any atom is -0.431 e. The first-order chi connectivity index (χ1) is 13.1. The fourth-order valence-electron chi connectivity index (χ4n) is 2.64. The maximum atomic E-state index is 12.7. The van der Waals surface area contributed by atoms with Gasteiger partial charge in [0.2, 0.25) is 10.0 Å². The van der Waals surface area contributed by atoms with E-state index in [9.17, 15) is 13.2 Å². The molecule has 2 aromatic carbocycles. The van der Waals surface area contributed by atoms with Gasteiger partial charge in [-0.15, -0.1) is 0 Å². The monoisotopic (exact) mass is 418 g/mol. The molecule has 0 amide bonds. The molecule has 1 unspecified atom stereocenters. The number of hydrogen-bond acceptors (Lipinski definition) is 6. The van der Waals surface area contributed by atoms with Crippen molar-refractivity contribution in [2.75, 3.05) is 14.1 Å². The third kappa shape index (κ3) is 3.99. The quantitative estimate of drug-likeness (QED) is 0.444. The van der Waals surface area contributed by atoms with Crippen LogP contribution in [0.25, 0.3) is 11.1 Å². The number of Topliss-reactive ketones (excluding diaryl/α,β-unsaturated/α-hetero) is 1. The number of benzene rings is 2. The molecule has 0 spiro atoms. The Labute approximate surface area is 169 Å². The van der Waals surface area contributed by atoms with Gasteiger partial charge in [-0.05, 0) is 56.2 Å². The molecule has 0 aliphatic heterocycles. The van der Waals surface area contributed by atoms with Crippen LogP contribution in [0.4, 0.5) is 0 Å². The van der Waals surface area contributed by atoms with E-state index in [0.717, 1.165) is 15.4 Å². The van der Waals surface area contributed by atoms with Crippen LogP contribution in [0.2, 0.25) is 0 Å². The molecule has 28 heavy (non-hydrogen) atoms. The summed E-state index contributed by atoms with van der Waals surface area (Å²) in [6.45, 7) is 5.79. The van der Waals surface area contributed by atoms with Gasteiger partial charge in [0, 0.05) is 19.7 Å². The highest BCUT2D eigenvalue weighted by atomic mass is 32.2. The van der Waals surface area contributed by atoms with Crippen LogP contribution < -0.4 is 0 Å². The van der Waals surface area contributed by atoms with E-state index in [0.29, 0.717) is 21.9 Å². The van der Waals surface area contributed by atoms with Crippen LogP contribution in [-0.2, 0) is 10.0 Å². The fraction of sp³-hybridized carbons (Fsp3) is 0.300. The van der Waals surface area contributed by atoms with Crippen LogP contribution in [0.3, 0.4) is 0 Å². The Morgan fingerprint density at radius 2 is 1.82 bits per heavy atom. The normalized spacial score (nSPS) is 13.2. The summed E-state index contributed by atoms with van der Waals surface area (Å²) in [7, 11) is -0.597. The van der Waals surface area contributed by atoms with Crippen LogP contribution in [0.5, 0.6) is 0 Å². The van der Waals surface area contributed by atoms with Crippen LogP contribution in [0, 0.1) is 13.8 Å². The van der Waals surface area contributed by atoms with Gasteiger partial charge in [-0.3, -0.25) is 4.79 Å². The van der Waals surface area contributed by atoms with Crippen molar-refractivity contribution >= 4 is 38.7 Å². The zero-order valence-electron chi connectivity index (χ0n) is 16.4. The van der Waals surface area contributed by atoms with Crippen molar-refractivity contribution in [3.8, 4) is 0 Å². The van der Waals surface area contributed by atoms with Crippen molar-refractivity contribution in [3.05, 3.63) is 53.1 Å². The van der Waals surface area contributed by atoms with Crippen molar-refractivity contribution in [2.45, 2.75) is 36.1 Å². The van der Waals surface area contributed by atoms with Gasteiger partial charge in [0.05, 0.1) is 10.1 Å². The van der Waals surface area contributed by atoms with Crippen molar-refractivity contribution in [1.29, 1.82) is 0 Å². The number of aromatic nitrogens is 1. The summed E-state index contributed by atoms with van der Waals surface area (Å²) >= 11 is 1.21. The first-order valence-corrected chi connectivity index (χ1v) is 11.0. The van der Waals surface area contributed by atoms with E-state index in [4.69, 9.17) is 4.42 Å². The smallest absolute Gasteiger partial charge is 0.257 e. The maximum Gasteiger partial charge on any atom is 0.257 e. The van der Waals surface area contributed by atoms with E-state index in [1.807, 2.05) is 32.0 Å². The molecular weight excluding hydrogens is 396 g/mol. The standard InChI is InChI=1S/C20H22N2O4S2/c1-12-6-7-15(10-13(12)2)19(23)14(3)27-20-21-17-11-16(8-9-18(17)26-20)28(24,25)22(4)5/h6-11,14H,1-5H3. The molecule has 0 aliphatic rings. The van der Waals surface area contributed by atoms with Crippen LogP contribution >= 0.6 is 11.8 Å². The second-order valence-corrected chi connectivity index (χ2v) is 10.3. The molecule has 1 aromatic heterocycles. The summed E-state index contributed by atoms with van der Waals surface area (Å²) in [4.78, 5) is 17.2. The zero-order valence-corrected chi connectivity index (χ0v) is 18.0. The highest BCUT2D eigenvalue weighted by Gasteiger charge is 2.22. The lowest BCUT2D eigenvalue weighted by Crippen LogP contribution is -2.22. The number of sulfonamides is 1. The Morgan fingerprint density at radius 3 is 2.46 bits per heavy atom. The van der Waals surface area contributed by atoms with Crippen LogP contribution in [0.1, 0.15) is 28.4 Å². The minimum absolute atomic E-state index is 0.00812. The van der Waals surface area contributed by atoms with Gasteiger partial charge in [0.15, 0.2) is 11.4 Å². The van der Waals surface area contributed by atoms with Crippen molar-refractivity contribution in [3.63, 3.8) is 0 Å². The lowest BCUT2D eigenvalue weighted by molar-refractivity contribution is 0.0993. The summed E-state index contributed by atoms with van der Waals surface area (Å²) in [6.07, 6.45) is 0. The highest BCUT2D eigenvalue weighted by Crippen LogP contribution is 2.30. The third-order valence-electron chi connectivity index (χ3n) is 4.56. The molecule has 3 aromatic rings. The van der Waals surface area contributed by atoms with Gasteiger partial charge in [-0.1, -0.05) is 23.9 Å². The molecule has 8 heteroatoms. The molecule has 0 saturated heterocycles. The van der Waals surface area contributed by atoms with E-state index in [-0.39, 0.29) is 15.9 Å². The molecule has 0 radical (unpaired) electrons. The SMILES string of the molecule is Cc1ccc(C(=O)C(C)Sc2nc3cc(S(=O)(=O)N(C)C)ccc3o2)cc1C. The second kappa shape index (κ2) is 7.69. The van der Waals surface area contributed by atoms with E-state index in [1.54, 1.807) is 13.0 Å². The van der Waals surface area contributed by atoms with Crippen LogP contribution in [-0.4, -0.2) is 42.8 Å². The zero-order chi connectivity index (χ0) is 20.6. The molecule has 6 nitrogen and oxygen atoms in total. The third-order valence-corrected chi connectivity index (χ3v) is 7.31. The number of carbonyl (C=O) groups is 1. The molecule has 1 heterocycles. The molecule has 148 valence electrons. The number of ketones is 1. The lowest BCUT2D eigenvalue weighted by atomic mass is 10.0. The molecule has 0 fully saturated rings. The van der Waals surface area contributed by atoms with Crippen molar-refractivity contribution in [2.24, 2.45) is 0 Å². The van der Waals surface area contributed by atoms with Gasteiger partial charge in [-0.25, -0.2) is 17.7 Å². The number of thioether (sulfide) groups is 1. The first kappa shape index (κ1) is 20.6. The maximum absolute atomic E-state index is 12.7. The fourth-order valence-corrected chi connectivity index (χ4v) is 4.40. The summed E-state index contributed by atoms with van der Waals surface area (Å²) in [5.74, 6) is -0.00812. The average molecular weight is 419 g/mol. The first-order valence-electron chi connectivity index (χ1n) is 8.71. The van der Waals surface area contributed by atoms with E-state index in [2.05, 4.69) is 4.98 Å². The molecule has 0 aliphatic carbocycles. The number of carbonyl (C=O) groups excluding carboxylic acids is 1. The lowest BCUT2D eigenvalue weighted by Gasteiger charge is -2.10. The minimum atomic E-state index is -3.55. The topological polar surface area (TPSA) is 80.5 Å².